The van der Waals surface area contributed by atoms with E-state index in [1.807, 2.05) is 90.8 Å². The minimum absolute atomic E-state index is 0.0235. The minimum Gasteiger partial charge on any atom is -0.497 e. The Morgan fingerprint density at radius 2 is 1.71 bits per heavy atom. The van der Waals surface area contributed by atoms with Crippen molar-refractivity contribution in [1.82, 2.24) is 4.90 Å². The van der Waals surface area contributed by atoms with Gasteiger partial charge in [-0.15, -0.1) is 0 Å². The van der Waals surface area contributed by atoms with Crippen molar-refractivity contribution in [2.24, 2.45) is 5.92 Å². The van der Waals surface area contributed by atoms with Gasteiger partial charge in [0.25, 0.3) is 0 Å². The molecule has 0 unspecified atom stereocenters. The second-order valence-corrected chi connectivity index (χ2v) is 8.24. The van der Waals surface area contributed by atoms with E-state index >= 15 is 0 Å². The molecule has 1 saturated heterocycles. The molecule has 2 aliphatic heterocycles. The first kappa shape index (κ1) is 19.5. The Morgan fingerprint density at radius 1 is 1.03 bits per heavy atom. The number of methoxy groups -OCH3 is 1. The third-order valence-electron chi connectivity index (χ3n) is 6.73. The number of hydrogen-bond donors (Lipinski definition) is 1. The standard InChI is InChI=1S/C26H24N2O3/c1-28-16-20(17-9-5-3-6-10-17)23(24(29)18-11-7-4-8-12-18)26(28)21-15-19(31-2)13-14-22(21)27-25(26)30/h3-15,20,23H,16H2,1-2H3,(H,27,30)/t20-,23+,26+/m0/s1. The fourth-order valence-corrected chi connectivity index (χ4v) is 5.33. The Hall–Kier alpha value is -3.44. The summed E-state index contributed by atoms with van der Waals surface area (Å²) in [6, 6.07) is 24.9. The molecular weight excluding hydrogens is 388 g/mol. The molecule has 1 amide bonds. The Kier molecular flexibility index (Phi) is 4.63. The van der Waals surface area contributed by atoms with Gasteiger partial charge in [0.05, 0.1) is 13.0 Å². The van der Waals surface area contributed by atoms with Gasteiger partial charge in [-0.2, -0.15) is 0 Å². The Morgan fingerprint density at radius 3 is 2.39 bits per heavy atom. The fourth-order valence-electron chi connectivity index (χ4n) is 5.33. The van der Waals surface area contributed by atoms with Crippen molar-refractivity contribution in [1.29, 1.82) is 0 Å². The minimum atomic E-state index is -1.10. The molecule has 0 saturated carbocycles. The molecule has 1 spiro atoms. The summed E-state index contributed by atoms with van der Waals surface area (Å²) in [5.41, 5.74) is 2.11. The topological polar surface area (TPSA) is 58.6 Å². The van der Waals surface area contributed by atoms with E-state index in [4.69, 9.17) is 4.74 Å². The number of nitrogens with one attached hydrogen (secondary N) is 1. The normalized spacial score (nSPS) is 24.8. The second kappa shape index (κ2) is 7.36. The summed E-state index contributed by atoms with van der Waals surface area (Å²) in [6.45, 7) is 0.595. The van der Waals surface area contributed by atoms with Gasteiger partial charge in [-0.25, -0.2) is 0 Å². The number of likely N-dealkylation sites (tertiary alicyclic amines) is 1. The van der Waals surface area contributed by atoms with E-state index in [9.17, 15) is 9.59 Å². The van der Waals surface area contributed by atoms with Crippen molar-refractivity contribution in [3.05, 3.63) is 95.6 Å². The molecule has 3 aromatic rings. The summed E-state index contributed by atoms with van der Waals surface area (Å²) in [5.74, 6) is -0.217. The SMILES string of the molecule is COc1ccc2c(c1)[C@]1(C(=O)N2)[C@@H](C(=O)c2ccccc2)[C@H](c2ccccc2)CN1C. The zero-order valence-electron chi connectivity index (χ0n) is 17.5. The number of likely N-dealkylation sites (N-methyl/N-ethyl adjacent to an activating group) is 1. The molecule has 31 heavy (non-hydrogen) atoms. The highest BCUT2D eigenvalue weighted by atomic mass is 16.5. The van der Waals surface area contributed by atoms with Gasteiger partial charge in [-0.05, 0) is 30.8 Å². The van der Waals surface area contributed by atoms with Crippen molar-refractivity contribution in [3.8, 4) is 5.75 Å². The Balaban J connectivity index is 1.74. The largest absolute Gasteiger partial charge is 0.497 e. The molecule has 5 nitrogen and oxygen atoms in total. The van der Waals surface area contributed by atoms with Crippen molar-refractivity contribution in [2.45, 2.75) is 11.5 Å². The van der Waals surface area contributed by atoms with Gasteiger partial charge in [-0.3, -0.25) is 14.5 Å². The molecule has 0 aliphatic carbocycles. The number of amides is 1. The molecule has 2 heterocycles. The molecule has 1 N–H and O–H groups in total. The van der Waals surface area contributed by atoms with Crippen LogP contribution in [0, 0.1) is 5.92 Å². The molecule has 3 atom stereocenters. The van der Waals surface area contributed by atoms with Gasteiger partial charge in [0.1, 0.15) is 11.3 Å². The van der Waals surface area contributed by atoms with Crippen LogP contribution in [0.25, 0.3) is 0 Å². The van der Waals surface area contributed by atoms with E-state index in [0.29, 0.717) is 17.9 Å². The molecule has 3 aromatic carbocycles. The Bertz CT molecular complexity index is 1150. The average molecular weight is 412 g/mol. The number of benzene rings is 3. The van der Waals surface area contributed by atoms with E-state index in [0.717, 1.165) is 16.8 Å². The molecule has 0 bridgehead atoms. The Labute approximate surface area is 181 Å². The third-order valence-corrected chi connectivity index (χ3v) is 6.73. The number of nitrogens with zero attached hydrogens (tertiary/aromatic N) is 1. The first-order valence-electron chi connectivity index (χ1n) is 10.4. The number of rotatable bonds is 4. The maximum absolute atomic E-state index is 14.0. The zero-order chi connectivity index (χ0) is 21.6. The highest BCUT2D eigenvalue weighted by Crippen LogP contribution is 2.56. The predicted molar refractivity (Wildman–Crippen MR) is 119 cm³/mol. The van der Waals surface area contributed by atoms with E-state index in [1.54, 1.807) is 7.11 Å². The number of anilines is 1. The van der Waals surface area contributed by atoms with Crippen molar-refractivity contribution in [3.63, 3.8) is 0 Å². The number of carbonyl (C=O) groups excluding carboxylic acids is 2. The smallest absolute Gasteiger partial charge is 0.250 e. The maximum atomic E-state index is 14.0. The molecule has 156 valence electrons. The van der Waals surface area contributed by atoms with Crippen molar-refractivity contribution < 1.29 is 14.3 Å². The number of Topliss-reactive ketones (excluding diaryl/α,β-unsaturated/α-hetero) is 1. The van der Waals surface area contributed by atoms with Crippen molar-refractivity contribution >= 4 is 17.4 Å². The van der Waals surface area contributed by atoms with Gasteiger partial charge in [0.2, 0.25) is 5.91 Å². The van der Waals surface area contributed by atoms with Crippen LogP contribution in [0.3, 0.4) is 0 Å². The van der Waals surface area contributed by atoms with Gasteiger partial charge in [0.15, 0.2) is 5.78 Å². The molecule has 2 aliphatic rings. The summed E-state index contributed by atoms with van der Waals surface area (Å²) in [7, 11) is 3.54. The first-order valence-corrected chi connectivity index (χ1v) is 10.4. The predicted octanol–water partition coefficient (Wildman–Crippen LogP) is 4.07. The second-order valence-electron chi connectivity index (χ2n) is 8.24. The van der Waals surface area contributed by atoms with Gasteiger partial charge < -0.3 is 10.1 Å². The summed E-state index contributed by atoms with van der Waals surface area (Å²) in [4.78, 5) is 29.7. The lowest BCUT2D eigenvalue weighted by Crippen LogP contribution is -2.51. The van der Waals surface area contributed by atoms with E-state index in [2.05, 4.69) is 5.32 Å². The van der Waals surface area contributed by atoms with E-state index in [-0.39, 0.29) is 17.6 Å². The van der Waals surface area contributed by atoms with Gasteiger partial charge in [0, 0.05) is 29.3 Å². The van der Waals surface area contributed by atoms with Crippen molar-refractivity contribution in [2.75, 3.05) is 26.0 Å². The van der Waals surface area contributed by atoms with Crippen LogP contribution < -0.4 is 10.1 Å². The number of carbonyl (C=O) groups is 2. The van der Waals surface area contributed by atoms with Crippen LogP contribution in [-0.4, -0.2) is 37.3 Å². The van der Waals surface area contributed by atoms with Crippen LogP contribution in [0.15, 0.2) is 78.9 Å². The lowest BCUT2D eigenvalue weighted by atomic mass is 9.70. The number of ether oxygens (including phenoxy) is 1. The summed E-state index contributed by atoms with van der Waals surface area (Å²) < 4.78 is 5.46. The van der Waals surface area contributed by atoms with Crippen LogP contribution in [0.2, 0.25) is 0 Å². The number of fused-ring (bicyclic) bond motifs is 2. The monoisotopic (exact) mass is 412 g/mol. The number of hydrogen-bond acceptors (Lipinski definition) is 4. The van der Waals surface area contributed by atoms with Crippen LogP contribution >= 0.6 is 0 Å². The number of ketones is 1. The zero-order valence-corrected chi connectivity index (χ0v) is 17.5. The molecule has 5 heteroatoms. The van der Waals surface area contributed by atoms with Crippen LogP contribution in [-0.2, 0) is 10.3 Å². The molecule has 0 radical (unpaired) electrons. The lowest BCUT2D eigenvalue weighted by molar-refractivity contribution is -0.126. The molecular formula is C26H24N2O3. The third kappa shape index (κ3) is 2.81. The summed E-state index contributed by atoms with van der Waals surface area (Å²) >= 11 is 0. The highest BCUT2D eigenvalue weighted by molar-refractivity contribution is 6.12. The molecule has 5 rings (SSSR count). The molecule has 0 aromatic heterocycles. The lowest BCUT2D eigenvalue weighted by Gasteiger charge is -2.35. The molecule has 1 fully saturated rings. The highest BCUT2D eigenvalue weighted by Gasteiger charge is 2.64. The average Bonchev–Trinajstić information content (AvgIpc) is 3.29. The van der Waals surface area contributed by atoms with Crippen LogP contribution in [0.4, 0.5) is 5.69 Å². The summed E-state index contributed by atoms with van der Waals surface area (Å²) in [6.07, 6.45) is 0. The van der Waals surface area contributed by atoms with Gasteiger partial charge in [-0.1, -0.05) is 60.7 Å². The summed E-state index contributed by atoms with van der Waals surface area (Å²) in [5, 5.41) is 3.03. The van der Waals surface area contributed by atoms with Crippen LogP contribution in [0.1, 0.15) is 27.4 Å². The van der Waals surface area contributed by atoms with Crippen LogP contribution in [0.5, 0.6) is 5.75 Å². The quantitative estimate of drug-likeness (QED) is 0.657. The van der Waals surface area contributed by atoms with E-state index in [1.165, 1.54) is 0 Å². The van der Waals surface area contributed by atoms with Gasteiger partial charge >= 0.3 is 0 Å². The maximum Gasteiger partial charge on any atom is 0.250 e. The fraction of sp³-hybridized carbons (Fsp3) is 0.231. The van der Waals surface area contributed by atoms with E-state index < -0.39 is 11.5 Å². The first-order chi connectivity index (χ1) is 15.1.